The van der Waals surface area contributed by atoms with Gasteiger partial charge in [0.05, 0.1) is 11.5 Å². The molecule has 21 heavy (non-hydrogen) atoms. The van der Waals surface area contributed by atoms with Crippen molar-refractivity contribution in [1.29, 1.82) is 0 Å². The van der Waals surface area contributed by atoms with E-state index in [0.717, 1.165) is 12.8 Å². The third-order valence-corrected chi connectivity index (χ3v) is 3.37. The van der Waals surface area contributed by atoms with Crippen LogP contribution in [0.25, 0.3) is 11.5 Å². The molecule has 128 valence electrons. The average Bonchev–Trinajstić information content (AvgIpc) is 2.34. The number of carboxylic acids is 2. The Morgan fingerprint density at radius 3 is 1.33 bits per heavy atom. The van der Waals surface area contributed by atoms with Gasteiger partial charge in [0.15, 0.2) is 0 Å². The summed E-state index contributed by atoms with van der Waals surface area (Å²) in [6, 6.07) is -0.160. The average molecular weight is 520 g/mol. The Labute approximate surface area is 149 Å². The first-order valence-electron chi connectivity index (χ1n) is 6.18. The first kappa shape index (κ1) is 26.2. The zero-order chi connectivity index (χ0) is 16.0. The van der Waals surface area contributed by atoms with Gasteiger partial charge in [0.25, 0.3) is 0 Å². The molecule has 1 rings (SSSR count). The number of thioether (sulfide) groups is 2. The number of carbonyl (C=O) groups is 2. The minimum absolute atomic E-state index is 0. The molecule has 1 fully saturated rings. The van der Waals surface area contributed by atoms with Crippen LogP contribution in [0.15, 0.2) is 0 Å². The molecule has 0 aliphatic heterocycles. The van der Waals surface area contributed by atoms with Crippen molar-refractivity contribution in [1.82, 2.24) is 0 Å². The van der Waals surface area contributed by atoms with Gasteiger partial charge in [-0.3, -0.25) is 9.59 Å². The van der Waals surface area contributed by atoms with Gasteiger partial charge < -0.3 is 21.7 Å². The molecule has 0 aromatic heterocycles. The summed E-state index contributed by atoms with van der Waals surface area (Å²) in [5, 5.41) is 15.8. The first-order valence-corrected chi connectivity index (χ1v) is 8.97. The van der Waals surface area contributed by atoms with E-state index in [1.807, 2.05) is 0 Å². The Kier molecular flexibility index (Phi) is 22.8. The van der Waals surface area contributed by atoms with E-state index in [0.29, 0.717) is 0 Å². The van der Waals surface area contributed by atoms with Crippen LogP contribution in [-0.2, 0) is 30.7 Å². The maximum Gasteiger partial charge on any atom is 2.00 e. The number of aliphatic carboxylic acids is 2. The van der Waals surface area contributed by atoms with Gasteiger partial charge in [-0.25, -0.2) is 0 Å². The van der Waals surface area contributed by atoms with E-state index < -0.39 is 11.9 Å². The molecule has 0 radical (unpaired) electrons. The molecule has 4 N–H and O–H groups in total. The fourth-order valence-electron chi connectivity index (χ4n) is 1.38. The van der Waals surface area contributed by atoms with Crippen LogP contribution < -0.4 is 0 Å². The predicted octanol–water partition coefficient (Wildman–Crippen LogP) is 3.27. The largest absolute Gasteiger partial charge is 2.00 e. The summed E-state index contributed by atoms with van der Waals surface area (Å²) < 4.78 is 0. The van der Waals surface area contributed by atoms with E-state index in [2.05, 4.69) is 0 Å². The topological polar surface area (TPSA) is 122 Å². The van der Waals surface area contributed by atoms with Crippen molar-refractivity contribution in [3.8, 4) is 0 Å². The molecule has 0 aromatic carbocycles. The fourth-order valence-corrected chi connectivity index (χ4v) is 1.87. The van der Waals surface area contributed by atoms with E-state index in [1.54, 1.807) is 12.5 Å². The molecule has 0 bridgehead atoms. The van der Waals surface area contributed by atoms with Gasteiger partial charge in [0.1, 0.15) is 0 Å². The molecule has 0 spiro atoms. The summed E-state index contributed by atoms with van der Waals surface area (Å²) in [7, 11) is 0. The van der Waals surface area contributed by atoms with E-state index in [4.69, 9.17) is 21.7 Å². The Bertz CT molecular complexity index is 248. The normalized spacial score (nSPS) is 19.8. The molecule has 1 saturated carbocycles. The van der Waals surface area contributed by atoms with Crippen LogP contribution >= 0.6 is 23.5 Å². The third kappa shape index (κ3) is 22.7. The molecular formula is C12H24N2O4PtS2. The van der Waals surface area contributed by atoms with Crippen LogP contribution in [0.1, 0.15) is 25.7 Å². The smallest absolute Gasteiger partial charge is 0.676 e. The van der Waals surface area contributed by atoms with Crippen molar-refractivity contribution < 1.29 is 40.9 Å². The Morgan fingerprint density at radius 2 is 1.24 bits per heavy atom. The quantitative estimate of drug-likeness (QED) is 0.588. The predicted molar refractivity (Wildman–Crippen MR) is 86.7 cm³/mol. The summed E-state index contributed by atoms with van der Waals surface area (Å²) in [5.41, 5.74) is 14.6. The van der Waals surface area contributed by atoms with Gasteiger partial charge in [-0.15, -0.1) is 0 Å². The summed E-state index contributed by atoms with van der Waals surface area (Å²) in [6.07, 6.45) is 7.76. The van der Waals surface area contributed by atoms with Crippen LogP contribution in [0.5, 0.6) is 0 Å². The minimum atomic E-state index is -0.748. The van der Waals surface area contributed by atoms with Gasteiger partial charge in [-0.05, 0) is 12.5 Å². The standard InChI is InChI=1S/C6H12N2.2C3H6O2S.Pt/c7-5-3-1-2-4-6(5)8;2*1-6-2-3(4)5;/h5-8H,1-4H2;2*2H2,1H3,(H,4,5);/q-2;;;+2. The van der Waals surface area contributed by atoms with Gasteiger partial charge in [0, 0.05) is 0 Å². The molecule has 6 nitrogen and oxygen atoms in total. The maximum atomic E-state index is 9.58. The molecule has 2 unspecified atom stereocenters. The van der Waals surface area contributed by atoms with Crippen LogP contribution in [0, 0.1) is 0 Å². The van der Waals surface area contributed by atoms with Crippen LogP contribution in [0.4, 0.5) is 0 Å². The van der Waals surface area contributed by atoms with Gasteiger partial charge in [-0.1, -0.05) is 25.7 Å². The van der Waals surface area contributed by atoms with E-state index in [-0.39, 0.29) is 44.7 Å². The molecule has 0 aromatic rings. The second-order valence-corrected chi connectivity index (χ2v) is 5.88. The molecule has 0 saturated heterocycles. The van der Waals surface area contributed by atoms with Crippen molar-refractivity contribution in [2.45, 2.75) is 37.8 Å². The zero-order valence-electron chi connectivity index (χ0n) is 12.2. The van der Waals surface area contributed by atoms with Crippen molar-refractivity contribution in [3.05, 3.63) is 11.5 Å². The Balaban J connectivity index is -0.000000231. The Hall–Kier alpha value is 0.248. The van der Waals surface area contributed by atoms with Gasteiger partial charge >= 0.3 is 33.0 Å². The first-order chi connectivity index (χ1) is 9.34. The van der Waals surface area contributed by atoms with Crippen molar-refractivity contribution >= 4 is 35.5 Å². The Morgan fingerprint density at radius 1 is 0.952 bits per heavy atom. The molecule has 9 heteroatoms. The number of rotatable bonds is 4. The van der Waals surface area contributed by atoms with Crippen LogP contribution in [0.3, 0.4) is 0 Å². The molecule has 0 amide bonds. The summed E-state index contributed by atoms with van der Waals surface area (Å²) in [5.74, 6) is -1.08. The minimum Gasteiger partial charge on any atom is -0.676 e. The molecule has 0 heterocycles. The summed E-state index contributed by atoms with van der Waals surface area (Å²) in [4.78, 5) is 19.2. The third-order valence-electron chi connectivity index (χ3n) is 2.30. The fraction of sp³-hybridized carbons (Fsp3) is 0.833. The number of nitrogens with one attached hydrogen (secondary N) is 2. The number of hydrogen-bond acceptors (Lipinski definition) is 4. The SMILES string of the molecule is CSCC(=O)O.CSCC(=O)O.[NH-]C1CCCCC1[NH-].[Pt+2]. The molecular weight excluding hydrogens is 495 g/mol. The van der Waals surface area contributed by atoms with Crippen molar-refractivity contribution in [3.63, 3.8) is 0 Å². The molecule has 1 aliphatic rings. The zero-order valence-corrected chi connectivity index (χ0v) is 16.1. The van der Waals surface area contributed by atoms with Crippen LogP contribution in [0.2, 0.25) is 0 Å². The van der Waals surface area contributed by atoms with Crippen molar-refractivity contribution in [2.24, 2.45) is 0 Å². The number of carboxylic acid groups (broad SMARTS) is 2. The summed E-state index contributed by atoms with van der Waals surface area (Å²) in [6.45, 7) is 0. The summed E-state index contributed by atoms with van der Waals surface area (Å²) >= 11 is 2.62. The van der Waals surface area contributed by atoms with E-state index >= 15 is 0 Å². The number of hydrogen-bond donors (Lipinski definition) is 2. The van der Waals surface area contributed by atoms with Gasteiger partial charge in [-0.2, -0.15) is 35.6 Å². The molecule has 2 atom stereocenters. The second kappa shape index (κ2) is 18.3. The van der Waals surface area contributed by atoms with Gasteiger partial charge in [0.2, 0.25) is 0 Å². The second-order valence-electron chi connectivity index (χ2n) is 4.15. The maximum absolute atomic E-state index is 9.58. The monoisotopic (exact) mass is 519 g/mol. The van der Waals surface area contributed by atoms with E-state index in [9.17, 15) is 9.59 Å². The van der Waals surface area contributed by atoms with Crippen molar-refractivity contribution in [2.75, 3.05) is 24.0 Å². The van der Waals surface area contributed by atoms with E-state index in [1.165, 1.54) is 36.4 Å². The van der Waals surface area contributed by atoms with Crippen LogP contribution in [-0.4, -0.2) is 58.3 Å². The molecule has 1 aliphatic carbocycles.